The Balaban J connectivity index is 2.51. The summed E-state index contributed by atoms with van der Waals surface area (Å²) in [4.78, 5) is 11.7. The van der Waals surface area contributed by atoms with Crippen LogP contribution in [0.3, 0.4) is 0 Å². The molecule has 2 N–H and O–H groups in total. The van der Waals surface area contributed by atoms with Crippen LogP contribution in [0, 0.1) is 19.7 Å². The van der Waals surface area contributed by atoms with E-state index in [9.17, 15) is 9.18 Å². The van der Waals surface area contributed by atoms with Crippen LogP contribution < -0.4 is 10.6 Å². The van der Waals surface area contributed by atoms with E-state index in [0.29, 0.717) is 17.7 Å². The van der Waals surface area contributed by atoms with Crippen molar-refractivity contribution in [2.24, 2.45) is 0 Å². The average Bonchev–Trinajstić information content (AvgIpc) is 2.29. The molecule has 4 heteroatoms. The van der Waals surface area contributed by atoms with Gasteiger partial charge in [-0.25, -0.2) is 4.39 Å². The molecule has 0 aromatic heterocycles. The Kier molecular flexibility index (Phi) is 5.06. The van der Waals surface area contributed by atoms with Gasteiger partial charge < -0.3 is 10.6 Å². The summed E-state index contributed by atoms with van der Waals surface area (Å²) in [6.07, 6.45) is 0. The van der Waals surface area contributed by atoms with Gasteiger partial charge in [0.1, 0.15) is 5.82 Å². The van der Waals surface area contributed by atoms with Gasteiger partial charge in [0.15, 0.2) is 0 Å². The van der Waals surface area contributed by atoms with Crippen molar-refractivity contribution >= 4 is 5.91 Å². The molecule has 3 nitrogen and oxygen atoms in total. The van der Waals surface area contributed by atoms with Crippen LogP contribution in [0.5, 0.6) is 0 Å². The first-order valence-corrected chi connectivity index (χ1v) is 6.46. The molecule has 0 saturated heterocycles. The molecule has 0 radical (unpaired) electrons. The Morgan fingerprint density at radius 1 is 1.21 bits per heavy atom. The SMILES string of the molecule is Cc1cc(CNC(=O)CNC(C)(C)C)cc(C)c1F. The smallest absolute Gasteiger partial charge is 0.234 e. The molecule has 0 aliphatic rings. The third kappa shape index (κ3) is 5.39. The number of rotatable bonds is 4. The van der Waals surface area contributed by atoms with Gasteiger partial charge in [0.25, 0.3) is 0 Å². The van der Waals surface area contributed by atoms with E-state index in [2.05, 4.69) is 10.6 Å². The van der Waals surface area contributed by atoms with Crippen LogP contribution in [0.15, 0.2) is 12.1 Å². The molecular weight excluding hydrogens is 243 g/mol. The Labute approximate surface area is 114 Å². The number of hydrogen-bond acceptors (Lipinski definition) is 2. The van der Waals surface area contributed by atoms with Crippen LogP contribution in [-0.2, 0) is 11.3 Å². The summed E-state index contributed by atoms with van der Waals surface area (Å²) in [5.74, 6) is -0.237. The second kappa shape index (κ2) is 6.15. The summed E-state index contributed by atoms with van der Waals surface area (Å²) < 4.78 is 13.5. The fourth-order valence-electron chi connectivity index (χ4n) is 1.75. The first-order chi connectivity index (χ1) is 8.69. The molecule has 19 heavy (non-hydrogen) atoms. The summed E-state index contributed by atoms with van der Waals surface area (Å²) in [5, 5.41) is 5.94. The predicted octanol–water partition coefficient (Wildman–Crippen LogP) is 2.45. The van der Waals surface area contributed by atoms with Crippen molar-refractivity contribution in [2.75, 3.05) is 6.54 Å². The molecule has 0 aliphatic heterocycles. The van der Waals surface area contributed by atoms with Crippen LogP contribution in [-0.4, -0.2) is 18.0 Å². The molecule has 1 rings (SSSR count). The van der Waals surface area contributed by atoms with Crippen molar-refractivity contribution < 1.29 is 9.18 Å². The van der Waals surface area contributed by atoms with Crippen molar-refractivity contribution in [3.8, 4) is 0 Å². The highest BCUT2D eigenvalue weighted by Gasteiger charge is 2.11. The number of halogens is 1. The summed E-state index contributed by atoms with van der Waals surface area (Å²) >= 11 is 0. The van der Waals surface area contributed by atoms with Gasteiger partial charge in [0.05, 0.1) is 6.54 Å². The van der Waals surface area contributed by atoms with Crippen molar-refractivity contribution in [3.63, 3.8) is 0 Å². The molecule has 0 bridgehead atoms. The van der Waals surface area contributed by atoms with E-state index in [-0.39, 0.29) is 23.8 Å². The number of carbonyl (C=O) groups is 1. The van der Waals surface area contributed by atoms with E-state index in [1.165, 1.54) is 0 Å². The van der Waals surface area contributed by atoms with E-state index >= 15 is 0 Å². The molecule has 0 saturated carbocycles. The Bertz CT molecular complexity index is 441. The minimum absolute atomic E-state index is 0.0606. The topological polar surface area (TPSA) is 41.1 Å². The van der Waals surface area contributed by atoms with Gasteiger partial charge >= 0.3 is 0 Å². The third-order valence-electron chi connectivity index (χ3n) is 2.77. The number of carbonyl (C=O) groups excluding carboxylic acids is 1. The number of aryl methyl sites for hydroxylation is 2. The molecule has 1 amide bonds. The first-order valence-electron chi connectivity index (χ1n) is 6.46. The van der Waals surface area contributed by atoms with Gasteiger partial charge in [-0.1, -0.05) is 12.1 Å². The highest BCUT2D eigenvalue weighted by atomic mass is 19.1. The first kappa shape index (κ1) is 15.6. The normalized spacial score (nSPS) is 11.5. The largest absolute Gasteiger partial charge is 0.351 e. The second-order valence-corrected chi connectivity index (χ2v) is 5.92. The third-order valence-corrected chi connectivity index (χ3v) is 2.77. The zero-order valence-electron chi connectivity index (χ0n) is 12.4. The number of amides is 1. The molecule has 0 atom stereocenters. The van der Waals surface area contributed by atoms with Crippen LogP contribution in [0.25, 0.3) is 0 Å². The highest BCUT2D eigenvalue weighted by Crippen LogP contribution is 2.14. The molecule has 0 aliphatic carbocycles. The lowest BCUT2D eigenvalue weighted by Gasteiger charge is -2.20. The highest BCUT2D eigenvalue weighted by molar-refractivity contribution is 5.78. The van der Waals surface area contributed by atoms with Crippen molar-refractivity contribution in [1.82, 2.24) is 10.6 Å². The van der Waals surface area contributed by atoms with E-state index in [1.807, 2.05) is 20.8 Å². The minimum atomic E-state index is -0.176. The minimum Gasteiger partial charge on any atom is -0.351 e. The maximum atomic E-state index is 13.5. The van der Waals surface area contributed by atoms with Gasteiger partial charge in [-0.15, -0.1) is 0 Å². The molecule has 0 unspecified atom stereocenters. The Morgan fingerprint density at radius 3 is 2.21 bits per heavy atom. The standard InChI is InChI=1S/C15H23FN2O/c1-10-6-12(7-11(2)14(10)16)8-17-13(19)9-18-15(3,4)5/h6-7,18H,8-9H2,1-5H3,(H,17,19). The number of nitrogens with one attached hydrogen (secondary N) is 2. The maximum absolute atomic E-state index is 13.5. The number of hydrogen-bond donors (Lipinski definition) is 2. The maximum Gasteiger partial charge on any atom is 0.234 e. The van der Waals surface area contributed by atoms with Crippen LogP contribution in [0.1, 0.15) is 37.5 Å². The lowest BCUT2D eigenvalue weighted by Crippen LogP contribution is -2.43. The fraction of sp³-hybridized carbons (Fsp3) is 0.533. The van der Waals surface area contributed by atoms with Crippen LogP contribution in [0.4, 0.5) is 4.39 Å². The Hall–Kier alpha value is -1.42. The molecule has 0 fully saturated rings. The van der Waals surface area contributed by atoms with Gasteiger partial charge in [0, 0.05) is 12.1 Å². The van der Waals surface area contributed by atoms with Crippen molar-refractivity contribution in [2.45, 2.75) is 46.7 Å². The molecule has 106 valence electrons. The summed E-state index contributed by atoms with van der Waals surface area (Å²) in [7, 11) is 0. The zero-order chi connectivity index (χ0) is 14.6. The lowest BCUT2D eigenvalue weighted by atomic mass is 10.1. The zero-order valence-corrected chi connectivity index (χ0v) is 12.4. The van der Waals surface area contributed by atoms with E-state index in [0.717, 1.165) is 5.56 Å². The van der Waals surface area contributed by atoms with Gasteiger partial charge in [0.2, 0.25) is 5.91 Å². The van der Waals surface area contributed by atoms with E-state index in [1.54, 1.807) is 26.0 Å². The predicted molar refractivity (Wildman–Crippen MR) is 75.5 cm³/mol. The quantitative estimate of drug-likeness (QED) is 0.879. The summed E-state index contributed by atoms with van der Waals surface area (Å²) in [6, 6.07) is 3.53. The summed E-state index contributed by atoms with van der Waals surface area (Å²) in [5.41, 5.74) is 2.05. The summed E-state index contributed by atoms with van der Waals surface area (Å²) in [6.45, 7) is 10.2. The van der Waals surface area contributed by atoms with Crippen molar-refractivity contribution in [3.05, 3.63) is 34.6 Å². The van der Waals surface area contributed by atoms with E-state index < -0.39 is 0 Å². The van der Waals surface area contributed by atoms with Gasteiger partial charge in [-0.3, -0.25) is 4.79 Å². The fourth-order valence-corrected chi connectivity index (χ4v) is 1.75. The monoisotopic (exact) mass is 266 g/mol. The molecule has 0 heterocycles. The van der Waals surface area contributed by atoms with E-state index in [4.69, 9.17) is 0 Å². The van der Waals surface area contributed by atoms with Crippen LogP contribution in [0.2, 0.25) is 0 Å². The van der Waals surface area contributed by atoms with Gasteiger partial charge in [-0.2, -0.15) is 0 Å². The second-order valence-electron chi connectivity index (χ2n) is 5.92. The van der Waals surface area contributed by atoms with Crippen molar-refractivity contribution in [1.29, 1.82) is 0 Å². The molecule has 1 aromatic carbocycles. The van der Waals surface area contributed by atoms with Gasteiger partial charge in [-0.05, 0) is 51.3 Å². The Morgan fingerprint density at radius 2 is 1.74 bits per heavy atom. The average molecular weight is 266 g/mol. The molecular formula is C15H23FN2O. The number of benzene rings is 1. The van der Waals surface area contributed by atoms with Crippen LogP contribution >= 0.6 is 0 Å². The lowest BCUT2D eigenvalue weighted by molar-refractivity contribution is -0.120. The molecule has 0 spiro atoms. The molecule has 1 aromatic rings.